The van der Waals surface area contributed by atoms with Gasteiger partial charge in [0.2, 0.25) is 0 Å². The van der Waals surface area contributed by atoms with Gasteiger partial charge >= 0.3 is 0 Å². The van der Waals surface area contributed by atoms with Crippen molar-refractivity contribution in [3.05, 3.63) is 59.4 Å². The monoisotopic (exact) mass is 362 g/mol. The molecule has 1 aliphatic carbocycles. The van der Waals surface area contributed by atoms with Gasteiger partial charge in [0.1, 0.15) is 18.1 Å². The molecule has 0 saturated heterocycles. The summed E-state index contributed by atoms with van der Waals surface area (Å²) in [6.07, 6.45) is 3.53. The van der Waals surface area contributed by atoms with E-state index in [4.69, 9.17) is 10.5 Å². The second-order valence-electron chi connectivity index (χ2n) is 6.50. The highest BCUT2D eigenvalue weighted by atomic mass is 16.5. The number of anilines is 1. The van der Waals surface area contributed by atoms with Crippen molar-refractivity contribution in [2.45, 2.75) is 25.8 Å². The summed E-state index contributed by atoms with van der Waals surface area (Å²) in [6, 6.07) is 13.9. The molecule has 0 aliphatic heterocycles. The summed E-state index contributed by atoms with van der Waals surface area (Å²) < 4.78 is 5.16. The Bertz CT molecular complexity index is 961. The molecule has 1 heterocycles. The maximum absolute atomic E-state index is 6.01. The smallest absolute Gasteiger partial charge is 0.193 e. The van der Waals surface area contributed by atoms with E-state index in [0.717, 1.165) is 23.4 Å². The van der Waals surface area contributed by atoms with Crippen LogP contribution in [0, 0.1) is 0 Å². The zero-order valence-corrected chi connectivity index (χ0v) is 15.2. The third-order valence-electron chi connectivity index (χ3n) is 4.65. The average Bonchev–Trinajstić information content (AvgIpc) is 3.35. The van der Waals surface area contributed by atoms with Crippen LogP contribution in [0.5, 0.6) is 5.75 Å². The molecule has 4 N–H and O–H groups in total. The van der Waals surface area contributed by atoms with Gasteiger partial charge in [0.15, 0.2) is 11.8 Å². The Labute approximate surface area is 157 Å². The second-order valence-corrected chi connectivity index (χ2v) is 6.50. The normalized spacial score (nSPS) is 13.4. The Kier molecular flexibility index (Phi) is 4.74. The number of nitrogens with two attached hydrogens (primary N) is 1. The van der Waals surface area contributed by atoms with Crippen LogP contribution >= 0.6 is 0 Å². The molecule has 0 saturated carbocycles. The minimum absolute atomic E-state index is 0.326. The van der Waals surface area contributed by atoms with Crippen LogP contribution in [0.2, 0.25) is 0 Å². The molecule has 1 aromatic heterocycles. The molecule has 7 heteroatoms. The first kappa shape index (κ1) is 17.1. The number of methoxy groups -OCH3 is 1. The van der Waals surface area contributed by atoms with Crippen LogP contribution in [0.1, 0.15) is 23.4 Å². The van der Waals surface area contributed by atoms with E-state index in [1.807, 2.05) is 30.3 Å². The fourth-order valence-corrected chi connectivity index (χ4v) is 3.23. The van der Waals surface area contributed by atoms with Crippen molar-refractivity contribution >= 4 is 11.6 Å². The number of hydrogen-bond acceptors (Lipinski definition) is 4. The molecule has 0 unspecified atom stereocenters. The van der Waals surface area contributed by atoms with Gasteiger partial charge in [0.25, 0.3) is 0 Å². The average molecular weight is 362 g/mol. The number of aliphatic imine (C=N–C) groups is 1. The van der Waals surface area contributed by atoms with Crippen LogP contribution < -0.4 is 15.8 Å². The van der Waals surface area contributed by atoms with Gasteiger partial charge in [0.05, 0.1) is 7.11 Å². The van der Waals surface area contributed by atoms with Gasteiger partial charge in [-0.05, 0) is 66.8 Å². The van der Waals surface area contributed by atoms with Gasteiger partial charge in [-0.3, -0.25) is 5.10 Å². The standard InChI is InChI=1S/C20H22N6O/c1-27-17-9-6-14(7-10-17)19-24-18(25-26-19)12-22-20(21)23-16-8-5-13-3-2-4-15(13)11-16/h5-11H,2-4,12H2,1H3,(H3,21,22,23)(H,24,25,26). The van der Waals surface area contributed by atoms with E-state index in [1.165, 1.54) is 24.0 Å². The molecule has 0 fully saturated rings. The molecule has 0 radical (unpaired) electrons. The van der Waals surface area contributed by atoms with Crippen molar-refractivity contribution in [3.63, 3.8) is 0 Å². The molecule has 4 rings (SSSR count). The third kappa shape index (κ3) is 3.92. The number of fused-ring (bicyclic) bond motifs is 1. The minimum atomic E-state index is 0.326. The van der Waals surface area contributed by atoms with Crippen LogP contribution in [0.3, 0.4) is 0 Å². The first-order valence-corrected chi connectivity index (χ1v) is 8.96. The van der Waals surface area contributed by atoms with Crippen molar-refractivity contribution in [1.82, 2.24) is 15.2 Å². The predicted octanol–water partition coefficient (Wildman–Crippen LogP) is 2.90. The van der Waals surface area contributed by atoms with E-state index in [-0.39, 0.29) is 0 Å². The Morgan fingerprint density at radius 3 is 2.81 bits per heavy atom. The third-order valence-corrected chi connectivity index (χ3v) is 4.65. The summed E-state index contributed by atoms with van der Waals surface area (Å²) in [5.41, 5.74) is 10.7. The molecule has 3 aromatic rings. The van der Waals surface area contributed by atoms with E-state index < -0.39 is 0 Å². The van der Waals surface area contributed by atoms with E-state index in [9.17, 15) is 0 Å². The number of aromatic nitrogens is 3. The maximum Gasteiger partial charge on any atom is 0.193 e. The van der Waals surface area contributed by atoms with E-state index in [2.05, 4.69) is 37.6 Å². The molecule has 138 valence electrons. The predicted molar refractivity (Wildman–Crippen MR) is 106 cm³/mol. The van der Waals surface area contributed by atoms with Crippen molar-refractivity contribution < 1.29 is 4.74 Å². The summed E-state index contributed by atoms with van der Waals surface area (Å²) in [4.78, 5) is 8.81. The van der Waals surface area contributed by atoms with E-state index in [1.54, 1.807) is 7.11 Å². The van der Waals surface area contributed by atoms with Crippen LogP contribution in [0.15, 0.2) is 47.5 Å². The molecule has 7 nitrogen and oxygen atoms in total. The van der Waals surface area contributed by atoms with E-state index >= 15 is 0 Å². The summed E-state index contributed by atoms with van der Waals surface area (Å²) in [6.45, 7) is 0.326. The van der Waals surface area contributed by atoms with Crippen molar-refractivity contribution in [2.75, 3.05) is 12.4 Å². The number of guanidine groups is 1. The molecular weight excluding hydrogens is 340 g/mol. The summed E-state index contributed by atoms with van der Waals surface area (Å²) in [5.74, 6) is 2.42. The Morgan fingerprint density at radius 2 is 2.00 bits per heavy atom. The Balaban J connectivity index is 1.39. The number of aryl methyl sites for hydroxylation is 2. The molecule has 0 amide bonds. The Hall–Kier alpha value is -3.35. The largest absolute Gasteiger partial charge is 0.497 e. The second kappa shape index (κ2) is 7.49. The number of rotatable bonds is 5. The first-order chi connectivity index (χ1) is 13.2. The molecule has 0 atom stereocenters. The van der Waals surface area contributed by atoms with Crippen LogP contribution in [-0.4, -0.2) is 28.3 Å². The lowest BCUT2D eigenvalue weighted by Gasteiger charge is -2.07. The lowest BCUT2D eigenvalue weighted by Crippen LogP contribution is -2.22. The van der Waals surface area contributed by atoms with Gasteiger partial charge in [-0.2, -0.15) is 5.10 Å². The minimum Gasteiger partial charge on any atom is -0.497 e. The number of H-pyrrole nitrogens is 1. The number of ether oxygens (including phenoxy) is 1. The molecule has 27 heavy (non-hydrogen) atoms. The van der Waals surface area contributed by atoms with Crippen molar-refractivity contribution in [1.29, 1.82) is 0 Å². The van der Waals surface area contributed by atoms with Gasteiger partial charge in [-0.15, -0.1) is 0 Å². The Morgan fingerprint density at radius 1 is 1.19 bits per heavy atom. The maximum atomic E-state index is 6.01. The van der Waals surface area contributed by atoms with Crippen molar-refractivity contribution in [2.24, 2.45) is 10.7 Å². The summed E-state index contributed by atoms with van der Waals surface area (Å²) in [7, 11) is 1.64. The highest BCUT2D eigenvalue weighted by Gasteiger charge is 2.11. The lowest BCUT2D eigenvalue weighted by atomic mass is 10.1. The molecular formula is C20H22N6O. The van der Waals surface area contributed by atoms with Crippen LogP contribution in [0.25, 0.3) is 11.4 Å². The molecule has 0 spiro atoms. The zero-order valence-electron chi connectivity index (χ0n) is 15.2. The number of benzene rings is 2. The highest BCUT2D eigenvalue weighted by Crippen LogP contribution is 2.24. The highest BCUT2D eigenvalue weighted by molar-refractivity contribution is 5.92. The molecule has 2 aromatic carbocycles. The van der Waals surface area contributed by atoms with Crippen molar-refractivity contribution in [3.8, 4) is 17.1 Å². The van der Waals surface area contributed by atoms with E-state index in [0.29, 0.717) is 24.2 Å². The fourth-order valence-electron chi connectivity index (χ4n) is 3.23. The molecule has 0 bridgehead atoms. The fraction of sp³-hybridized carbons (Fsp3) is 0.250. The quantitative estimate of drug-likeness (QED) is 0.478. The van der Waals surface area contributed by atoms with Gasteiger partial charge in [0, 0.05) is 11.3 Å². The number of nitrogens with zero attached hydrogens (tertiary/aromatic N) is 3. The van der Waals surface area contributed by atoms with Crippen LogP contribution in [0.4, 0.5) is 5.69 Å². The number of hydrogen-bond donors (Lipinski definition) is 3. The topological polar surface area (TPSA) is 101 Å². The number of nitrogens with one attached hydrogen (secondary N) is 2. The summed E-state index contributed by atoms with van der Waals surface area (Å²) in [5, 5.41) is 10.3. The van der Waals surface area contributed by atoms with Crippen LogP contribution in [-0.2, 0) is 19.4 Å². The molecule has 1 aliphatic rings. The number of aromatic amines is 1. The zero-order chi connectivity index (χ0) is 18.6. The van der Waals surface area contributed by atoms with Gasteiger partial charge in [-0.25, -0.2) is 9.98 Å². The lowest BCUT2D eigenvalue weighted by molar-refractivity contribution is 0.415. The van der Waals surface area contributed by atoms with Gasteiger partial charge in [-0.1, -0.05) is 6.07 Å². The summed E-state index contributed by atoms with van der Waals surface area (Å²) >= 11 is 0. The first-order valence-electron chi connectivity index (χ1n) is 8.96. The SMILES string of the molecule is COc1ccc(-c2n[nH]c(CN=C(N)Nc3ccc4c(c3)CCC4)n2)cc1. The van der Waals surface area contributed by atoms with Gasteiger partial charge < -0.3 is 15.8 Å².